The Morgan fingerprint density at radius 1 is 1.02 bits per heavy atom. The molecular weight excluding hydrogens is 514 g/mol. The van der Waals surface area contributed by atoms with E-state index in [4.69, 9.17) is 4.74 Å². The highest BCUT2D eigenvalue weighted by molar-refractivity contribution is 6.23. The molecule has 1 aliphatic rings. The van der Waals surface area contributed by atoms with Gasteiger partial charge >= 0.3 is 5.97 Å². The molecule has 3 aromatic rings. The molecule has 4 rings (SSSR count). The number of hydrogen-bond acceptors (Lipinski definition) is 9. The molecule has 3 N–H and O–H groups in total. The summed E-state index contributed by atoms with van der Waals surface area (Å²) in [7, 11) is 0. The first kappa shape index (κ1) is 28.8. The van der Waals surface area contributed by atoms with Crippen LogP contribution in [0.2, 0.25) is 0 Å². The van der Waals surface area contributed by atoms with Crippen molar-refractivity contribution in [3.05, 3.63) is 53.3 Å². The first-order chi connectivity index (χ1) is 18.9. The lowest BCUT2D eigenvalue weighted by Crippen LogP contribution is -2.53. The van der Waals surface area contributed by atoms with Gasteiger partial charge in [0.2, 0.25) is 5.91 Å². The molecule has 0 bridgehead atoms. The lowest BCUT2D eigenvalue weighted by molar-refractivity contribution is -0.158. The molecule has 3 amide bonds. The Labute approximate surface area is 232 Å². The normalized spacial score (nSPS) is 14.9. The fourth-order valence-electron chi connectivity index (χ4n) is 4.59. The number of benzene rings is 2. The van der Waals surface area contributed by atoms with Gasteiger partial charge < -0.3 is 10.1 Å². The minimum absolute atomic E-state index is 0.0284. The number of carbonyl (C=O) groups excluding carboxylic acids is 4. The van der Waals surface area contributed by atoms with E-state index in [2.05, 4.69) is 31.3 Å². The van der Waals surface area contributed by atoms with E-state index in [-0.39, 0.29) is 31.3 Å². The number of carbonyl (C=O) groups is 4. The molecule has 0 unspecified atom stereocenters. The number of ether oxygens (including phenoxy) is 1. The fraction of sp³-hybridized carbons (Fsp3) is 0.464. The van der Waals surface area contributed by atoms with Gasteiger partial charge in [0, 0.05) is 6.54 Å². The van der Waals surface area contributed by atoms with E-state index in [1.807, 2.05) is 38.1 Å². The van der Waals surface area contributed by atoms with Crippen LogP contribution in [0, 0.1) is 5.92 Å². The third kappa shape index (κ3) is 6.87. The lowest BCUT2D eigenvalue weighted by atomic mass is 10.0. The molecule has 1 aliphatic heterocycles. The Hall–Kier alpha value is -4.19. The SMILES string of the molecule is CC(C)C[C@H](N[C@H](CCN1C(=O)c2cc3ccccc3cc2C1=O)C(=O)OC(C)(C)C)C(=O)NCc1nnn[nH]1. The molecule has 12 nitrogen and oxygen atoms in total. The van der Waals surface area contributed by atoms with Crippen molar-refractivity contribution in [2.45, 2.75) is 71.7 Å². The van der Waals surface area contributed by atoms with Gasteiger partial charge in [0.25, 0.3) is 11.8 Å². The van der Waals surface area contributed by atoms with E-state index in [1.165, 1.54) is 0 Å². The van der Waals surface area contributed by atoms with Crippen LogP contribution in [-0.2, 0) is 20.9 Å². The fourth-order valence-corrected chi connectivity index (χ4v) is 4.59. The van der Waals surface area contributed by atoms with Gasteiger partial charge in [-0.1, -0.05) is 38.1 Å². The zero-order valence-electron chi connectivity index (χ0n) is 23.4. The van der Waals surface area contributed by atoms with Crippen LogP contribution in [0.4, 0.5) is 0 Å². The standard InChI is InChI=1S/C28H35N7O5/c1-16(2)12-22(24(36)29-15-23-31-33-34-32-23)30-21(27(39)40-28(3,4)5)10-11-35-25(37)19-13-17-8-6-7-9-18(17)14-20(19)26(35)38/h6-9,13-14,16,21-22,30H,10-12,15H2,1-5H3,(H,29,36)(H,31,32,33,34)/t21-,22+/m1/s1. The van der Waals surface area contributed by atoms with Gasteiger partial charge in [0.1, 0.15) is 11.6 Å². The average molecular weight is 550 g/mol. The molecule has 0 spiro atoms. The molecule has 0 aliphatic carbocycles. The van der Waals surface area contributed by atoms with Crippen LogP contribution in [0.1, 0.15) is 74.0 Å². The van der Waals surface area contributed by atoms with Crippen molar-refractivity contribution in [2.75, 3.05) is 6.54 Å². The second-order valence-corrected chi connectivity index (χ2v) is 11.3. The summed E-state index contributed by atoms with van der Waals surface area (Å²) in [5.41, 5.74) is -0.101. The van der Waals surface area contributed by atoms with Crippen LogP contribution in [0.3, 0.4) is 0 Å². The molecule has 0 radical (unpaired) electrons. The van der Waals surface area contributed by atoms with Crippen LogP contribution in [0.15, 0.2) is 36.4 Å². The Bertz CT molecular complexity index is 1340. The first-order valence-electron chi connectivity index (χ1n) is 13.3. The second-order valence-electron chi connectivity index (χ2n) is 11.3. The van der Waals surface area contributed by atoms with E-state index < -0.39 is 35.5 Å². The maximum Gasteiger partial charge on any atom is 0.323 e. The summed E-state index contributed by atoms with van der Waals surface area (Å²) in [6.07, 6.45) is 0.493. The molecule has 2 atom stereocenters. The molecule has 40 heavy (non-hydrogen) atoms. The van der Waals surface area contributed by atoms with Crippen molar-refractivity contribution >= 4 is 34.5 Å². The highest BCUT2D eigenvalue weighted by atomic mass is 16.6. The predicted octanol–water partition coefficient (Wildman–Crippen LogP) is 2.37. The number of nitrogens with zero attached hydrogens (tertiary/aromatic N) is 4. The van der Waals surface area contributed by atoms with Crippen LogP contribution in [-0.4, -0.2) is 73.4 Å². The zero-order chi connectivity index (χ0) is 29.0. The van der Waals surface area contributed by atoms with Crippen LogP contribution < -0.4 is 10.6 Å². The number of H-pyrrole nitrogens is 1. The lowest BCUT2D eigenvalue weighted by Gasteiger charge is -2.29. The van der Waals surface area contributed by atoms with Crippen molar-refractivity contribution in [1.82, 2.24) is 36.2 Å². The Kier molecular flexibility index (Phi) is 8.58. The highest BCUT2D eigenvalue weighted by Crippen LogP contribution is 2.28. The summed E-state index contributed by atoms with van der Waals surface area (Å²) in [4.78, 5) is 54.0. The number of tetrazole rings is 1. The Balaban J connectivity index is 1.51. The number of aromatic nitrogens is 4. The summed E-state index contributed by atoms with van der Waals surface area (Å²) >= 11 is 0. The summed E-state index contributed by atoms with van der Waals surface area (Å²) in [5.74, 6) is -1.22. The van der Waals surface area contributed by atoms with Crippen molar-refractivity contribution in [3.8, 4) is 0 Å². The third-order valence-electron chi connectivity index (χ3n) is 6.41. The average Bonchev–Trinajstić information content (AvgIpc) is 3.49. The minimum Gasteiger partial charge on any atom is -0.459 e. The van der Waals surface area contributed by atoms with Gasteiger partial charge in [-0.15, -0.1) is 5.10 Å². The summed E-state index contributed by atoms with van der Waals surface area (Å²) in [5, 5.41) is 21.0. The Morgan fingerprint density at radius 3 is 2.17 bits per heavy atom. The van der Waals surface area contributed by atoms with E-state index in [9.17, 15) is 19.2 Å². The van der Waals surface area contributed by atoms with Crippen LogP contribution in [0.5, 0.6) is 0 Å². The van der Waals surface area contributed by atoms with Crippen molar-refractivity contribution in [1.29, 1.82) is 0 Å². The van der Waals surface area contributed by atoms with Gasteiger partial charge in [-0.2, -0.15) is 0 Å². The predicted molar refractivity (Wildman–Crippen MR) is 146 cm³/mol. The highest BCUT2D eigenvalue weighted by Gasteiger charge is 2.37. The summed E-state index contributed by atoms with van der Waals surface area (Å²) in [6, 6.07) is 9.26. The van der Waals surface area contributed by atoms with E-state index >= 15 is 0 Å². The molecular formula is C28H35N7O5. The first-order valence-corrected chi connectivity index (χ1v) is 13.3. The number of aromatic amines is 1. The number of amides is 3. The molecule has 212 valence electrons. The van der Waals surface area contributed by atoms with Gasteiger partial charge in [-0.3, -0.25) is 29.4 Å². The molecule has 2 aromatic carbocycles. The number of fused-ring (bicyclic) bond motifs is 2. The summed E-state index contributed by atoms with van der Waals surface area (Å²) in [6.45, 7) is 9.24. The van der Waals surface area contributed by atoms with Crippen LogP contribution >= 0.6 is 0 Å². The quantitative estimate of drug-likeness (QED) is 0.241. The Morgan fingerprint density at radius 2 is 1.65 bits per heavy atom. The molecule has 0 saturated heterocycles. The van der Waals surface area contributed by atoms with Gasteiger partial charge in [-0.05, 0) is 72.9 Å². The van der Waals surface area contributed by atoms with Crippen LogP contribution in [0.25, 0.3) is 10.8 Å². The number of rotatable bonds is 11. The molecule has 0 fully saturated rings. The van der Waals surface area contributed by atoms with E-state index in [0.29, 0.717) is 23.4 Å². The number of nitrogens with one attached hydrogen (secondary N) is 3. The number of hydrogen-bond donors (Lipinski definition) is 3. The molecule has 12 heteroatoms. The maximum atomic E-state index is 13.3. The molecule has 2 heterocycles. The largest absolute Gasteiger partial charge is 0.459 e. The van der Waals surface area contributed by atoms with Crippen molar-refractivity contribution < 1.29 is 23.9 Å². The van der Waals surface area contributed by atoms with Gasteiger partial charge in [0.05, 0.1) is 23.7 Å². The van der Waals surface area contributed by atoms with Crippen molar-refractivity contribution in [3.63, 3.8) is 0 Å². The molecule has 0 saturated carbocycles. The smallest absolute Gasteiger partial charge is 0.323 e. The summed E-state index contributed by atoms with van der Waals surface area (Å²) < 4.78 is 5.63. The number of esters is 1. The minimum atomic E-state index is -0.955. The molecule has 1 aromatic heterocycles. The second kappa shape index (κ2) is 11.9. The monoisotopic (exact) mass is 549 g/mol. The van der Waals surface area contributed by atoms with Gasteiger partial charge in [0.15, 0.2) is 5.82 Å². The third-order valence-corrected chi connectivity index (χ3v) is 6.41. The van der Waals surface area contributed by atoms with E-state index in [0.717, 1.165) is 15.7 Å². The van der Waals surface area contributed by atoms with Gasteiger partial charge in [-0.25, -0.2) is 5.10 Å². The zero-order valence-corrected chi connectivity index (χ0v) is 23.4. The number of imide groups is 1. The maximum absolute atomic E-state index is 13.3. The topological polar surface area (TPSA) is 159 Å². The van der Waals surface area contributed by atoms with Crippen molar-refractivity contribution in [2.24, 2.45) is 5.92 Å². The van der Waals surface area contributed by atoms with E-state index in [1.54, 1.807) is 32.9 Å².